The molecule has 0 bridgehead atoms. The average molecular weight is 438 g/mol. The van der Waals surface area contributed by atoms with Crippen LogP contribution in [0, 0.1) is 6.92 Å². The van der Waals surface area contributed by atoms with E-state index in [4.69, 9.17) is 9.15 Å². The molecule has 4 rings (SSSR count). The van der Waals surface area contributed by atoms with E-state index >= 15 is 0 Å². The van der Waals surface area contributed by atoms with Crippen LogP contribution in [0.2, 0.25) is 0 Å². The molecule has 1 amide bonds. The molecule has 1 saturated carbocycles. The Kier molecular flexibility index (Phi) is 6.36. The van der Waals surface area contributed by atoms with Crippen molar-refractivity contribution in [3.05, 3.63) is 65.5 Å². The van der Waals surface area contributed by atoms with Crippen LogP contribution in [0.3, 0.4) is 0 Å². The molecule has 1 aliphatic rings. The van der Waals surface area contributed by atoms with Gasteiger partial charge in [0, 0.05) is 16.5 Å². The molecule has 0 aliphatic heterocycles. The van der Waals surface area contributed by atoms with Crippen molar-refractivity contribution in [3.8, 4) is 11.5 Å². The maximum atomic E-state index is 12.8. The van der Waals surface area contributed by atoms with Crippen LogP contribution in [0.4, 0.5) is 0 Å². The molecule has 0 saturated heterocycles. The summed E-state index contributed by atoms with van der Waals surface area (Å²) >= 11 is 1.31. The Morgan fingerprint density at radius 1 is 1.16 bits per heavy atom. The largest absolute Gasteiger partial charge is 0.449 e. The standard InChI is InChI=1S/C23H23N3O4S/c1-14-7-9-16(10-8-14)22-26-25-21(30-22)15(2)29-23(28)18-5-3-4-6-19(18)31-13-20(27)24-17-11-12-17/h3-10,15,17H,11-13H2,1-2H3,(H,24,27). The number of carbonyl (C=O) groups excluding carboxylic acids is 2. The molecule has 3 aromatic rings. The van der Waals surface area contributed by atoms with Crippen LogP contribution >= 0.6 is 11.8 Å². The topological polar surface area (TPSA) is 94.3 Å². The van der Waals surface area contributed by atoms with Crippen LogP contribution in [-0.4, -0.2) is 33.9 Å². The van der Waals surface area contributed by atoms with Crippen LogP contribution in [0.1, 0.15) is 47.7 Å². The second-order valence-corrected chi connectivity index (χ2v) is 8.50. The van der Waals surface area contributed by atoms with E-state index in [1.54, 1.807) is 25.1 Å². The van der Waals surface area contributed by atoms with Crippen molar-refractivity contribution in [1.82, 2.24) is 15.5 Å². The van der Waals surface area contributed by atoms with Gasteiger partial charge < -0.3 is 14.5 Å². The summed E-state index contributed by atoms with van der Waals surface area (Å²) in [5, 5.41) is 11.0. The Morgan fingerprint density at radius 2 is 1.90 bits per heavy atom. The highest BCUT2D eigenvalue weighted by atomic mass is 32.2. The zero-order chi connectivity index (χ0) is 21.8. The zero-order valence-corrected chi connectivity index (χ0v) is 18.1. The average Bonchev–Trinajstić information content (AvgIpc) is 3.44. The predicted molar refractivity (Wildman–Crippen MR) is 117 cm³/mol. The van der Waals surface area contributed by atoms with E-state index in [9.17, 15) is 9.59 Å². The quantitative estimate of drug-likeness (QED) is 0.414. The van der Waals surface area contributed by atoms with Crippen molar-refractivity contribution in [3.63, 3.8) is 0 Å². The lowest BCUT2D eigenvalue weighted by Gasteiger charge is -2.12. The summed E-state index contributed by atoms with van der Waals surface area (Å²) in [6.07, 6.45) is 1.37. The second-order valence-electron chi connectivity index (χ2n) is 7.49. The number of ether oxygens (including phenoxy) is 1. The summed E-state index contributed by atoms with van der Waals surface area (Å²) in [6, 6.07) is 15.1. The van der Waals surface area contributed by atoms with Gasteiger partial charge in [-0.05, 0) is 51.0 Å². The molecule has 1 atom stereocenters. The lowest BCUT2D eigenvalue weighted by atomic mass is 10.1. The van der Waals surface area contributed by atoms with Crippen molar-refractivity contribution in [1.29, 1.82) is 0 Å². The van der Waals surface area contributed by atoms with Crippen LogP contribution in [0.15, 0.2) is 57.8 Å². The molecule has 1 heterocycles. The van der Waals surface area contributed by atoms with Crippen LogP contribution < -0.4 is 5.32 Å². The molecule has 1 aromatic heterocycles. The minimum atomic E-state index is -0.713. The summed E-state index contributed by atoms with van der Waals surface area (Å²) < 4.78 is 11.3. The Bertz CT molecular complexity index is 1080. The van der Waals surface area contributed by atoms with E-state index < -0.39 is 12.1 Å². The van der Waals surface area contributed by atoms with Gasteiger partial charge in [-0.1, -0.05) is 29.8 Å². The number of amides is 1. The van der Waals surface area contributed by atoms with Gasteiger partial charge in [0.2, 0.25) is 11.8 Å². The Morgan fingerprint density at radius 3 is 2.65 bits per heavy atom. The molecule has 2 aromatic carbocycles. The number of aryl methyl sites for hydroxylation is 1. The van der Waals surface area contributed by atoms with E-state index in [0.717, 1.165) is 24.0 Å². The number of thioether (sulfide) groups is 1. The number of aromatic nitrogens is 2. The molecule has 0 radical (unpaired) electrons. The number of rotatable bonds is 8. The van der Waals surface area contributed by atoms with Gasteiger partial charge in [-0.2, -0.15) is 0 Å². The monoisotopic (exact) mass is 437 g/mol. The van der Waals surface area contributed by atoms with Gasteiger partial charge in [0.1, 0.15) is 0 Å². The van der Waals surface area contributed by atoms with Gasteiger partial charge in [-0.3, -0.25) is 4.79 Å². The van der Waals surface area contributed by atoms with Gasteiger partial charge in [0.05, 0.1) is 11.3 Å². The van der Waals surface area contributed by atoms with Crippen molar-refractivity contribution in [2.24, 2.45) is 0 Å². The van der Waals surface area contributed by atoms with E-state index in [1.165, 1.54) is 11.8 Å². The molecular formula is C23H23N3O4S. The molecule has 31 heavy (non-hydrogen) atoms. The molecule has 7 nitrogen and oxygen atoms in total. The Balaban J connectivity index is 1.40. The normalized spacial score (nSPS) is 14.1. The number of hydrogen-bond acceptors (Lipinski definition) is 7. The minimum Gasteiger partial charge on any atom is -0.449 e. The SMILES string of the molecule is Cc1ccc(-c2nnc(C(C)OC(=O)c3ccccc3SCC(=O)NC3CC3)o2)cc1. The van der Waals surface area contributed by atoms with Gasteiger partial charge in [0.15, 0.2) is 6.10 Å². The summed E-state index contributed by atoms with van der Waals surface area (Å²) in [5.41, 5.74) is 2.33. The third-order valence-corrected chi connectivity index (χ3v) is 5.85. The van der Waals surface area contributed by atoms with Crippen molar-refractivity contribution >= 4 is 23.6 Å². The number of nitrogens with one attached hydrogen (secondary N) is 1. The van der Waals surface area contributed by atoms with E-state index in [0.29, 0.717) is 22.4 Å². The highest BCUT2D eigenvalue weighted by Gasteiger charge is 2.24. The van der Waals surface area contributed by atoms with Gasteiger partial charge in [-0.15, -0.1) is 22.0 Å². The molecule has 160 valence electrons. The molecule has 0 spiro atoms. The molecule has 8 heteroatoms. The second kappa shape index (κ2) is 9.34. The predicted octanol–water partition coefficient (Wildman–Crippen LogP) is 4.33. The number of benzene rings is 2. The Hall–Kier alpha value is -3.13. The van der Waals surface area contributed by atoms with Crippen molar-refractivity contribution in [2.75, 3.05) is 5.75 Å². The maximum absolute atomic E-state index is 12.8. The summed E-state index contributed by atoms with van der Waals surface area (Å²) in [6.45, 7) is 3.68. The maximum Gasteiger partial charge on any atom is 0.340 e. The zero-order valence-electron chi connectivity index (χ0n) is 17.3. The molecule has 1 aliphatic carbocycles. The first-order valence-corrected chi connectivity index (χ1v) is 11.1. The van der Waals surface area contributed by atoms with E-state index in [2.05, 4.69) is 15.5 Å². The highest BCUT2D eigenvalue weighted by molar-refractivity contribution is 8.00. The number of nitrogens with zero attached hydrogens (tertiary/aromatic N) is 2. The molecule has 1 N–H and O–H groups in total. The number of carbonyl (C=O) groups is 2. The lowest BCUT2D eigenvalue weighted by molar-refractivity contribution is -0.118. The first kappa shape index (κ1) is 21.1. The fraction of sp³-hybridized carbons (Fsp3) is 0.304. The highest BCUT2D eigenvalue weighted by Crippen LogP contribution is 2.27. The minimum absolute atomic E-state index is 0.0291. The van der Waals surface area contributed by atoms with E-state index in [-0.39, 0.29) is 17.6 Å². The summed E-state index contributed by atoms with van der Waals surface area (Å²) in [5.74, 6) is 0.306. The van der Waals surface area contributed by atoms with Crippen LogP contribution in [0.5, 0.6) is 0 Å². The fourth-order valence-electron chi connectivity index (χ4n) is 2.89. The third-order valence-electron chi connectivity index (χ3n) is 4.78. The van der Waals surface area contributed by atoms with Gasteiger partial charge in [0.25, 0.3) is 5.89 Å². The summed E-state index contributed by atoms with van der Waals surface area (Å²) in [7, 11) is 0. The lowest BCUT2D eigenvalue weighted by Crippen LogP contribution is -2.27. The van der Waals surface area contributed by atoms with Crippen molar-refractivity contribution in [2.45, 2.75) is 43.7 Å². The fourth-order valence-corrected chi connectivity index (χ4v) is 3.74. The molecule has 1 unspecified atom stereocenters. The molecule has 1 fully saturated rings. The van der Waals surface area contributed by atoms with E-state index in [1.807, 2.05) is 37.3 Å². The van der Waals surface area contributed by atoms with Gasteiger partial charge >= 0.3 is 5.97 Å². The van der Waals surface area contributed by atoms with Crippen LogP contribution in [-0.2, 0) is 9.53 Å². The third kappa shape index (κ3) is 5.52. The number of hydrogen-bond donors (Lipinski definition) is 1. The van der Waals surface area contributed by atoms with Crippen LogP contribution in [0.25, 0.3) is 11.5 Å². The summed E-state index contributed by atoms with van der Waals surface area (Å²) in [4.78, 5) is 25.4. The number of esters is 1. The van der Waals surface area contributed by atoms with Crippen molar-refractivity contribution < 1.29 is 18.7 Å². The Labute approximate surface area is 184 Å². The smallest absolute Gasteiger partial charge is 0.340 e. The first-order chi connectivity index (χ1) is 15.0. The first-order valence-electron chi connectivity index (χ1n) is 10.1. The van der Waals surface area contributed by atoms with Gasteiger partial charge in [-0.25, -0.2) is 4.79 Å². The molecular weight excluding hydrogens is 414 g/mol.